The van der Waals surface area contributed by atoms with Crippen LogP contribution in [0.2, 0.25) is 0 Å². The quantitative estimate of drug-likeness (QED) is 0.649. The first-order valence-corrected chi connectivity index (χ1v) is 5.63. The maximum atomic E-state index is 6.19. The van der Waals surface area contributed by atoms with E-state index in [1.54, 1.807) is 5.54 Å². The van der Waals surface area contributed by atoms with E-state index in [1.165, 1.54) is 12.0 Å². The van der Waals surface area contributed by atoms with Gasteiger partial charge >= 0.3 is 0 Å². The predicted octanol–water partition coefficient (Wildman–Crippen LogP) is 3.08. The summed E-state index contributed by atoms with van der Waals surface area (Å²) in [5, 5.41) is 0.303. The Labute approximate surface area is 90.7 Å². The van der Waals surface area contributed by atoms with E-state index in [2.05, 4.69) is 11.8 Å². The Kier molecular flexibility index (Phi) is 4.57. The summed E-state index contributed by atoms with van der Waals surface area (Å²) in [6.45, 7) is 7.37. The van der Waals surface area contributed by atoms with Gasteiger partial charge in [-0.25, -0.2) is 0 Å². The monoisotopic (exact) mass is 221 g/mol. The van der Waals surface area contributed by atoms with Crippen molar-refractivity contribution < 1.29 is 0 Å². The van der Waals surface area contributed by atoms with E-state index in [-0.39, 0.29) is 0 Å². The Morgan fingerprint density at radius 3 is 2.85 bits per heavy atom. The highest BCUT2D eigenvalue weighted by atomic mass is 35.5. The minimum atomic E-state index is 0.303. The number of hydrogen-bond donors (Lipinski definition) is 0. The first-order chi connectivity index (χ1) is 6.13. The molecule has 1 aliphatic heterocycles. The Bertz CT molecular complexity index is 191. The molecule has 2 atom stereocenters. The molecule has 1 nitrogen and oxygen atoms in total. The lowest BCUT2D eigenvalue weighted by atomic mass is 9.98. The van der Waals surface area contributed by atoms with Crippen molar-refractivity contribution >= 4 is 23.2 Å². The maximum absolute atomic E-state index is 6.19. The Hall–Kier alpha value is 0.280. The Morgan fingerprint density at radius 2 is 2.31 bits per heavy atom. The molecule has 0 amide bonds. The first kappa shape index (κ1) is 11.4. The van der Waals surface area contributed by atoms with Gasteiger partial charge in [-0.2, -0.15) is 0 Å². The zero-order chi connectivity index (χ0) is 9.84. The van der Waals surface area contributed by atoms with E-state index in [1.807, 2.05) is 6.92 Å². The topological polar surface area (TPSA) is 3.24 Å². The van der Waals surface area contributed by atoms with Crippen molar-refractivity contribution in [2.45, 2.75) is 25.6 Å². The lowest BCUT2D eigenvalue weighted by Crippen LogP contribution is -2.40. The molecule has 1 rings (SSSR count). The highest BCUT2D eigenvalue weighted by molar-refractivity contribution is 6.25. The molecule has 0 bridgehead atoms. The molecule has 0 saturated carbocycles. The van der Waals surface area contributed by atoms with Gasteiger partial charge in [0.2, 0.25) is 0 Å². The minimum Gasteiger partial charge on any atom is -0.298 e. The van der Waals surface area contributed by atoms with Crippen molar-refractivity contribution in [1.82, 2.24) is 4.90 Å². The standard InChI is InChI=1S/C10H17Cl2N/c1-8(5-11)6-13-4-3-9(2)10(12)7-13/h5,9-10H,3-4,6-7H2,1-2H3. The largest absolute Gasteiger partial charge is 0.298 e. The lowest BCUT2D eigenvalue weighted by molar-refractivity contribution is 0.211. The minimum absolute atomic E-state index is 0.303. The van der Waals surface area contributed by atoms with Crippen LogP contribution in [0, 0.1) is 5.92 Å². The van der Waals surface area contributed by atoms with Crippen molar-refractivity contribution in [2.75, 3.05) is 19.6 Å². The zero-order valence-electron chi connectivity index (χ0n) is 8.26. The molecular formula is C10H17Cl2N. The summed E-state index contributed by atoms with van der Waals surface area (Å²) in [5.41, 5.74) is 2.86. The van der Waals surface area contributed by atoms with Gasteiger partial charge in [0.1, 0.15) is 0 Å². The smallest absolute Gasteiger partial charge is 0.0489 e. The van der Waals surface area contributed by atoms with Crippen LogP contribution in [0.3, 0.4) is 0 Å². The summed E-state index contributed by atoms with van der Waals surface area (Å²) < 4.78 is 0. The molecule has 0 radical (unpaired) electrons. The summed E-state index contributed by atoms with van der Waals surface area (Å²) in [4.78, 5) is 2.37. The van der Waals surface area contributed by atoms with Crippen molar-refractivity contribution in [3.8, 4) is 0 Å². The van der Waals surface area contributed by atoms with Crippen LogP contribution in [0.4, 0.5) is 0 Å². The molecule has 3 heteroatoms. The number of rotatable bonds is 2. The number of halogens is 2. The second-order valence-corrected chi connectivity index (χ2v) is 4.75. The van der Waals surface area contributed by atoms with E-state index in [9.17, 15) is 0 Å². The fourth-order valence-corrected chi connectivity index (χ4v) is 2.01. The average Bonchev–Trinajstić information content (AvgIpc) is 2.11. The van der Waals surface area contributed by atoms with Gasteiger partial charge < -0.3 is 0 Å². The molecule has 2 unspecified atom stereocenters. The van der Waals surface area contributed by atoms with Gasteiger partial charge in [0, 0.05) is 24.0 Å². The van der Waals surface area contributed by atoms with Gasteiger partial charge in [0.25, 0.3) is 0 Å². The third kappa shape index (κ3) is 3.49. The molecular weight excluding hydrogens is 205 g/mol. The van der Waals surface area contributed by atoms with E-state index < -0.39 is 0 Å². The third-order valence-corrected chi connectivity index (χ3v) is 3.55. The second-order valence-electron chi connectivity index (χ2n) is 3.97. The molecule has 1 aliphatic rings. The lowest BCUT2D eigenvalue weighted by Gasteiger charge is -2.33. The van der Waals surface area contributed by atoms with Crippen LogP contribution in [0.25, 0.3) is 0 Å². The number of nitrogens with zero attached hydrogens (tertiary/aromatic N) is 1. The fourth-order valence-electron chi connectivity index (χ4n) is 1.62. The summed E-state index contributed by atoms with van der Waals surface area (Å²) in [5.74, 6) is 0.651. The van der Waals surface area contributed by atoms with Crippen LogP contribution in [-0.2, 0) is 0 Å². The van der Waals surface area contributed by atoms with Crippen LogP contribution in [0.5, 0.6) is 0 Å². The van der Waals surface area contributed by atoms with Crippen molar-refractivity contribution in [2.24, 2.45) is 5.92 Å². The Balaban J connectivity index is 2.37. The van der Waals surface area contributed by atoms with Crippen LogP contribution >= 0.6 is 23.2 Å². The van der Waals surface area contributed by atoms with E-state index in [0.29, 0.717) is 11.3 Å². The van der Waals surface area contributed by atoms with Crippen molar-refractivity contribution in [3.63, 3.8) is 0 Å². The summed E-state index contributed by atoms with van der Waals surface area (Å²) >= 11 is 11.8. The van der Waals surface area contributed by atoms with Crippen LogP contribution in [-0.4, -0.2) is 29.9 Å². The number of hydrogen-bond acceptors (Lipinski definition) is 1. The maximum Gasteiger partial charge on any atom is 0.0489 e. The highest BCUT2D eigenvalue weighted by Gasteiger charge is 2.23. The zero-order valence-corrected chi connectivity index (χ0v) is 9.78. The van der Waals surface area contributed by atoms with Crippen LogP contribution < -0.4 is 0 Å². The van der Waals surface area contributed by atoms with Crippen LogP contribution in [0.15, 0.2) is 11.1 Å². The summed E-state index contributed by atoms with van der Waals surface area (Å²) in [6, 6.07) is 0. The molecule has 1 saturated heterocycles. The summed E-state index contributed by atoms with van der Waals surface area (Å²) in [6.07, 6.45) is 1.20. The van der Waals surface area contributed by atoms with Crippen molar-refractivity contribution in [1.29, 1.82) is 0 Å². The number of alkyl halides is 1. The van der Waals surface area contributed by atoms with Gasteiger partial charge in [-0.05, 0) is 31.4 Å². The third-order valence-electron chi connectivity index (χ3n) is 2.61. The van der Waals surface area contributed by atoms with Crippen molar-refractivity contribution in [3.05, 3.63) is 11.1 Å². The average molecular weight is 222 g/mol. The van der Waals surface area contributed by atoms with Gasteiger partial charge in [-0.15, -0.1) is 11.6 Å². The number of piperidine rings is 1. The van der Waals surface area contributed by atoms with Crippen LogP contribution in [0.1, 0.15) is 20.3 Å². The molecule has 0 aromatic carbocycles. The van der Waals surface area contributed by atoms with E-state index >= 15 is 0 Å². The molecule has 0 aliphatic carbocycles. The first-order valence-electron chi connectivity index (χ1n) is 4.75. The Morgan fingerprint density at radius 1 is 1.62 bits per heavy atom. The summed E-state index contributed by atoms with van der Waals surface area (Å²) in [7, 11) is 0. The molecule has 0 aromatic rings. The highest BCUT2D eigenvalue weighted by Crippen LogP contribution is 2.22. The molecule has 1 heterocycles. The van der Waals surface area contributed by atoms with Gasteiger partial charge in [-0.1, -0.05) is 18.5 Å². The predicted molar refractivity (Wildman–Crippen MR) is 59.5 cm³/mol. The van der Waals surface area contributed by atoms with Gasteiger partial charge in [0.05, 0.1) is 0 Å². The normalized spacial score (nSPS) is 32.2. The molecule has 0 N–H and O–H groups in total. The molecule has 0 aromatic heterocycles. The molecule has 1 fully saturated rings. The molecule has 13 heavy (non-hydrogen) atoms. The molecule has 0 spiro atoms. The second kappa shape index (κ2) is 5.23. The van der Waals surface area contributed by atoms with Gasteiger partial charge in [0.15, 0.2) is 0 Å². The van der Waals surface area contributed by atoms with Gasteiger partial charge in [-0.3, -0.25) is 4.90 Å². The fraction of sp³-hybridized carbons (Fsp3) is 0.800. The SMILES string of the molecule is CC(=CCl)CN1CCC(C)C(Cl)C1. The molecule has 76 valence electrons. The van der Waals surface area contributed by atoms with E-state index in [4.69, 9.17) is 23.2 Å². The van der Waals surface area contributed by atoms with E-state index in [0.717, 1.165) is 19.6 Å². The number of likely N-dealkylation sites (tertiary alicyclic amines) is 1.